The maximum Gasteiger partial charge on any atom is 0.241 e. The summed E-state index contributed by atoms with van der Waals surface area (Å²) in [5, 5.41) is 4.35. The van der Waals surface area contributed by atoms with Crippen LogP contribution in [0.4, 0.5) is 5.69 Å². The van der Waals surface area contributed by atoms with E-state index in [0.29, 0.717) is 26.1 Å². The van der Waals surface area contributed by atoms with Crippen molar-refractivity contribution >= 4 is 28.4 Å². The van der Waals surface area contributed by atoms with E-state index < -0.39 is 0 Å². The van der Waals surface area contributed by atoms with Gasteiger partial charge in [0.15, 0.2) is 0 Å². The molecular formula is C23H26N4O2. The van der Waals surface area contributed by atoms with Gasteiger partial charge in [0.2, 0.25) is 11.8 Å². The van der Waals surface area contributed by atoms with Crippen LogP contribution in [0.5, 0.6) is 0 Å². The number of hydrogen-bond acceptors (Lipinski definition) is 3. The van der Waals surface area contributed by atoms with Crippen LogP contribution in [0, 0.1) is 0 Å². The molecule has 2 aromatic carbocycles. The van der Waals surface area contributed by atoms with E-state index in [1.54, 1.807) is 16.8 Å². The number of fused-ring (bicyclic) bond motifs is 2. The van der Waals surface area contributed by atoms with Gasteiger partial charge in [0.25, 0.3) is 0 Å². The Morgan fingerprint density at radius 3 is 2.72 bits per heavy atom. The summed E-state index contributed by atoms with van der Waals surface area (Å²) in [5.74, 6) is 0.134. The predicted octanol–water partition coefficient (Wildman–Crippen LogP) is 2.76. The SMILES string of the molecule is CN1Cc2cc(CC(=O)N(C)Cc3cc4ccccc4n3C)ccc2NCC1=O. The molecule has 0 atom stereocenters. The van der Waals surface area contributed by atoms with Crippen LogP contribution in [0.2, 0.25) is 0 Å². The summed E-state index contributed by atoms with van der Waals surface area (Å²) in [5.41, 5.74) is 5.23. The summed E-state index contributed by atoms with van der Waals surface area (Å²) < 4.78 is 2.14. The molecule has 150 valence electrons. The van der Waals surface area contributed by atoms with Gasteiger partial charge in [-0.1, -0.05) is 30.3 Å². The number of carbonyl (C=O) groups excluding carboxylic acids is 2. The van der Waals surface area contributed by atoms with Gasteiger partial charge in [-0.3, -0.25) is 9.59 Å². The third kappa shape index (κ3) is 3.83. The van der Waals surface area contributed by atoms with Gasteiger partial charge in [-0.05, 0) is 34.7 Å². The predicted molar refractivity (Wildman–Crippen MR) is 115 cm³/mol. The minimum absolute atomic E-state index is 0.0634. The number of nitrogens with one attached hydrogen (secondary N) is 1. The third-order valence-corrected chi connectivity index (χ3v) is 5.66. The zero-order valence-electron chi connectivity index (χ0n) is 17.1. The molecule has 0 fully saturated rings. The number of rotatable bonds is 4. The van der Waals surface area contributed by atoms with E-state index in [1.165, 1.54) is 10.9 Å². The number of nitrogens with zero attached hydrogens (tertiary/aromatic N) is 3. The average molecular weight is 390 g/mol. The number of para-hydroxylation sites is 1. The number of likely N-dealkylation sites (N-methyl/N-ethyl adjacent to an activating group) is 2. The molecular weight excluding hydrogens is 364 g/mol. The number of benzene rings is 2. The number of aromatic nitrogens is 1. The van der Waals surface area contributed by atoms with Gasteiger partial charge in [0.1, 0.15) is 0 Å². The maximum absolute atomic E-state index is 12.8. The number of aryl methyl sites for hydroxylation is 1. The molecule has 0 aliphatic carbocycles. The van der Waals surface area contributed by atoms with Crippen molar-refractivity contribution < 1.29 is 9.59 Å². The first-order valence-corrected chi connectivity index (χ1v) is 9.79. The van der Waals surface area contributed by atoms with Gasteiger partial charge < -0.3 is 19.7 Å². The fourth-order valence-corrected chi connectivity index (χ4v) is 3.85. The van der Waals surface area contributed by atoms with Crippen LogP contribution in [-0.2, 0) is 36.1 Å². The van der Waals surface area contributed by atoms with Crippen LogP contribution in [-0.4, -0.2) is 46.8 Å². The van der Waals surface area contributed by atoms with E-state index in [4.69, 9.17) is 0 Å². The quantitative estimate of drug-likeness (QED) is 0.745. The Balaban J connectivity index is 1.47. The average Bonchev–Trinajstić information content (AvgIpc) is 2.94. The van der Waals surface area contributed by atoms with Crippen LogP contribution in [0.1, 0.15) is 16.8 Å². The maximum atomic E-state index is 12.8. The third-order valence-electron chi connectivity index (χ3n) is 5.66. The molecule has 0 radical (unpaired) electrons. The highest BCUT2D eigenvalue weighted by atomic mass is 16.2. The van der Waals surface area contributed by atoms with Gasteiger partial charge in [0.05, 0.1) is 19.5 Å². The molecule has 1 aliphatic rings. The van der Waals surface area contributed by atoms with Crippen LogP contribution < -0.4 is 5.32 Å². The van der Waals surface area contributed by atoms with Crippen molar-refractivity contribution in [3.05, 3.63) is 65.4 Å². The molecule has 0 bridgehead atoms. The molecule has 29 heavy (non-hydrogen) atoms. The van der Waals surface area contributed by atoms with E-state index >= 15 is 0 Å². The van der Waals surface area contributed by atoms with Crippen LogP contribution in [0.3, 0.4) is 0 Å². The van der Waals surface area contributed by atoms with Gasteiger partial charge in [-0.2, -0.15) is 0 Å². The molecule has 6 nitrogen and oxygen atoms in total. The summed E-state index contributed by atoms with van der Waals surface area (Å²) in [4.78, 5) is 28.2. The van der Waals surface area contributed by atoms with Gasteiger partial charge in [-0.25, -0.2) is 0 Å². The monoisotopic (exact) mass is 390 g/mol. The van der Waals surface area contributed by atoms with E-state index in [-0.39, 0.29) is 11.8 Å². The first-order chi connectivity index (χ1) is 13.9. The van der Waals surface area contributed by atoms with Crippen molar-refractivity contribution in [1.82, 2.24) is 14.4 Å². The number of hydrogen-bond donors (Lipinski definition) is 1. The molecule has 0 saturated heterocycles. The molecule has 2 heterocycles. The van der Waals surface area contributed by atoms with Crippen molar-refractivity contribution in [2.24, 2.45) is 7.05 Å². The van der Waals surface area contributed by atoms with Gasteiger partial charge in [-0.15, -0.1) is 0 Å². The number of anilines is 1. The number of carbonyl (C=O) groups is 2. The summed E-state index contributed by atoms with van der Waals surface area (Å²) in [6.45, 7) is 1.41. The Bertz CT molecular complexity index is 1090. The van der Waals surface area contributed by atoms with E-state index in [2.05, 4.69) is 28.1 Å². The summed E-state index contributed by atoms with van der Waals surface area (Å²) in [6, 6.07) is 16.3. The molecule has 0 unspecified atom stereocenters. The Morgan fingerprint density at radius 1 is 1.14 bits per heavy atom. The molecule has 3 aromatic rings. The minimum Gasteiger partial charge on any atom is -0.376 e. The molecule has 0 saturated carbocycles. The van der Waals surface area contributed by atoms with Crippen LogP contribution in [0.15, 0.2) is 48.5 Å². The normalized spacial score (nSPS) is 13.8. The Labute approximate surface area is 170 Å². The first kappa shape index (κ1) is 19.1. The fraction of sp³-hybridized carbons (Fsp3) is 0.304. The molecule has 4 rings (SSSR count). The molecule has 1 aromatic heterocycles. The zero-order chi connectivity index (χ0) is 20.5. The smallest absolute Gasteiger partial charge is 0.241 e. The molecule has 2 amide bonds. The van der Waals surface area contributed by atoms with E-state index in [9.17, 15) is 9.59 Å². The summed E-state index contributed by atoms with van der Waals surface area (Å²) >= 11 is 0. The lowest BCUT2D eigenvalue weighted by Crippen LogP contribution is -2.29. The molecule has 6 heteroatoms. The lowest BCUT2D eigenvalue weighted by Gasteiger charge is -2.19. The van der Waals surface area contributed by atoms with Crippen molar-refractivity contribution in [2.45, 2.75) is 19.5 Å². The lowest BCUT2D eigenvalue weighted by atomic mass is 10.1. The largest absolute Gasteiger partial charge is 0.376 e. The summed E-state index contributed by atoms with van der Waals surface area (Å²) in [7, 11) is 5.68. The second-order valence-corrected chi connectivity index (χ2v) is 7.77. The second kappa shape index (κ2) is 7.62. The van der Waals surface area contributed by atoms with E-state index in [0.717, 1.165) is 22.5 Å². The van der Waals surface area contributed by atoms with Crippen molar-refractivity contribution in [3.8, 4) is 0 Å². The Morgan fingerprint density at radius 2 is 1.93 bits per heavy atom. The van der Waals surface area contributed by atoms with E-state index in [1.807, 2.05) is 44.4 Å². The Hall–Kier alpha value is -3.28. The highest BCUT2D eigenvalue weighted by Crippen LogP contribution is 2.23. The highest BCUT2D eigenvalue weighted by molar-refractivity contribution is 5.83. The molecule has 0 spiro atoms. The molecule has 1 aliphatic heterocycles. The standard InChI is InChI=1S/C23H26N4O2/c1-25-14-18-10-16(8-9-20(18)24-13-23(25)29)11-22(28)26(2)15-19-12-17-6-4-5-7-21(17)27(19)3/h4-10,12,24H,11,13-15H2,1-3H3. The zero-order valence-corrected chi connectivity index (χ0v) is 17.1. The Kier molecular flexibility index (Phi) is 5.01. The van der Waals surface area contributed by atoms with Crippen molar-refractivity contribution in [2.75, 3.05) is 26.0 Å². The lowest BCUT2D eigenvalue weighted by molar-refractivity contribution is -0.130. The van der Waals surface area contributed by atoms with Crippen molar-refractivity contribution in [3.63, 3.8) is 0 Å². The van der Waals surface area contributed by atoms with Crippen molar-refractivity contribution in [1.29, 1.82) is 0 Å². The molecule has 1 N–H and O–H groups in total. The summed E-state index contributed by atoms with van der Waals surface area (Å²) in [6.07, 6.45) is 0.339. The van der Waals surface area contributed by atoms with Gasteiger partial charge in [0, 0.05) is 44.6 Å². The van der Waals surface area contributed by atoms with Crippen LogP contribution in [0.25, 0.3) is 10.9 Å². The highest BCUT2D eigenvalue weighted by Gasteiger charge is 2.18. The van der Waals surface area contributed by atoms with Gasteiger partial charge >= 0.3 is 0 Å². The fourth-order valence-electron chi connectivity index (χ4n) is 3.85. The topological polar surface area (TPSA) is 57.6 Å². The first-order valence-electron chi connectivity index (χ1n) is 9.79. The van der Waals surface area contributed by atoms with Crippen LogP contribution >= 0.6 is 0 Å². The number of amides is 2. The second-order valence-electron chi connectivity index (χ2n) is 7.77. The minimum atomic E-state index is 0.0634.